The molecule has 0 saturated carbocycles. The van der Waals surface area contributed by atoms with E-state index < -0.39 is 5.97 Å². The van der Waals surface area contributed by atoms with Gasteiger partial charge in [-0.1, -0.05) is 28.1 Å². The minimum atomic E-state index is -0.841. The maximum atomic E-state index is 12.3. The number of benzene rings is 2. The van der Waals surface area contributed by atoms with Gasteiger partial charge in [0.2, 0.25) is 0 Å². The van der Waals surface area contributed by atoms with Gasteiger partial charge in [0.1, 0.15) is 0 Å². The lowest BCUT2D eigenvalue weighted by atomic mass is 10.1. The maximum absolute atomic E-state index is 12.3. The minimum Gasteiger partial charge on any atom is -0.481 e. The van der Waals surface area contributed by atoms with Crippen LogP contribution in [0.25, 0.3) is 10.8 Å². The molecule has 2 rings (SSSR count). The van der Waals surface area contributed by atoms with Gasteiger partial charge in [0.15, 0.2) is 0 Å². The van der Waals surface area contributed by atoms with Gasteiger partial charge in [-0.2, -0.15) is 0 Å². The van der Waals surface area contributed by atoms with Crippen molar-refractivity contribution in [3.8, 4) is 0 Å². The van der Waals surface area contributed by atoms with Crippen molar-refractivity contribution in [2.45, 2.75) is 12.8 Å². The zero-order valence-corrected chi connectivity index (χ0v) is 13.3. The van der Waals surface area contributed by atoms with Crippen LogP contribution >= 0.6 is 15.9 Å². The predicted molar refractivity (Wildman–Crippen MR) is 85.5 cm³/mol. The summed E-state index contributed by atoms with van der Waals surface area (Å²) in [6, 6.07) is 11.5. The maximum Gasteiger partial charge on any atom is 0.303 e. The highest BCUT2D eigenvalue weighted by molar-refractivity contribution is 9.10. The van der Waals surface area contributed by atoms with Crippen LogP contribution in [0.15, 0.2) is 40.9 Å². The van der Waals surface area contributed by atoms with Gasteiger partial charge in [-0.3, -0.25) is 9.59 Å². The van der Waals surface area contributed by atoms with Crippen molar-refractivity contribution < 1.29 is 14.7 Å². The van der Waals surface area contributed by atoms with E-state index in [1.165, 1.54) is 0 Å². The molecule has 110 valence electrons. The summed E-state index contributed by atoms with van der Waals surface area (Å²) in [6.07, 6.45) is 0.529. The quantitative estimate of drug-likeness (QED) is 0.897. The lowest BCUT2D eigenvalue weighted by molar-refractivity contribution is -0.137. The topological polar surface area (TPSA) is 57.6 Å². The molecule has 2 aromatic rings. The molecule has 4 nitrogen and oxygen atoms in total. The number of carboxylic acids is 1. The fourth-order valence-corrected chi connectivity index (χ4v) is 2.52. The molecule has 0 radical (unpaired) electrons. The number of carboxylic acid groups (broad SMARTS) is 1. The summed E-state index contributed by atoms with van der Waals surface area (Å²) in [6.45, 7) is 0.434. The molecule has 0 atom stereocenters. The molecule has 0 heterocycles. The number of nitrogens with zero attached hydrogens (tertiary/aromatic N) is 1. The Morgan fingerprint density at radius 1 is 1.14 bits per heavy atom. The van der Waals surface area contributed by atoms with E-state index in [9.17, 15) is 9.59 Å². The number of aliphatic carboxylic acids is 1. The van der Waals surface area contributed by atoms with Crippen LogP contribution in [0.1, 0.15) is 23.2 Å². The van der Waals surface area contributed by atoms with Crippen molar-refractivity contribution >= 4 is 38.6 Å². The van der Waals surface area contributed by atoms with Crippen LogP contribution < -0.4 is 0 Å². The smallest absolute Gasteiger partial charge is 0.303 e. The van der Waals surface area contributed by atoms with Gasteiger partial charge in [-0.25, -0.2) is 0 Å². The summed E-state index contributed by atoms with van der Waals surface area (Å²) in [4.78, 5) is 24.3. The molecule has 5 heteroatoms. The summed E-state index contributed by atoms with van der Waals surface area (Å²) < 4.78 is 1.000. The van der Waals surface area contributed by atoms with Crippen molar-refractivity contribution in [2.75, 3.05) is 13.6 Å². The van der Waals surface area contributed by atoms with Crippen molar-refractivity contribution in [3.05, 3.63) is 46.4 Å². The van der Waals surface area contributed by atoms with E-state index in [-0.39, 0.29) is 12.3 Å². The first kappa shape index (κ1) is 15.5. The number of rotatable bonds is 5. The molecule has 0 unspecified atom stereocenters. The van der Waals surface area contributed by atoms with Crippen LogP contribution in [-0.2, 0) is 4.79 Å². The largest absolute Gasteiger partial charge is 0.481 e. The monoisotopic (exact) mass is 349 g/mol. The molecule has 0 bridgehead atoms. The van der Waals surface area contributed by atoms with E-state index in [4.69, 9.17) is 5.11 Å². The normalized spacial score (nSPS) is 10.6. The van der Waals surface area contributed by atoms with Gasteiger partial charge in [-0.05, 0) is 41.5 Å². The Hall–Kier alpha value is -1.88. The van der Waals surface area contributed by atoms with Crippen molar-refractivity contribution in [1.29, 1.82) is 0 Å². The van der Waals surface area contributed by atoms with Crippen LogP contribution in [-0.4, -0.2) is 35.5 Å². The second-order valence-corrected chi connectivity index (χ2v) is 5.85. The van der Waals surface area contributed by atoms with Gasteiger partial charge >= 0.3 is 5.97 Å². The average Bonchev–Trinajstić information content (AvgIpc) is 2.45. The van der Waals surface area contributed by atoms with E-state index in [0.717, 1.165) is 15.2 Å². The second-order valence-electron chi connectivity index (χ2n) is 4.93. The Labute approximate surface area is 131 Å². The molecule has 0 spiro atoms. The van der Waals surface area contributed by atoms with E-state index in [0.29, 0.717) is 18.5 Å². The Kier molecular flexibility index (Phi) is 4.96. The van der Waals surface area contributed by atoms with Gasteiger partial charge in [-0.15, -0.1) is 0 Å². The molecule has 21 heavy (non-hydrogen) atoms. The fraction of sp³-hybridized carbons (Fsp3) is 0.250. The van der Waals surface area contributed by atoms with Crippen LogP contribution in [0.5, 0.6) is 0 Å². The number of carbonyl (C=O) groups is 2. The molecule has 0 fully saturated rings. The Balaban J connectivity index is 2.11. The summed E-state index contributed by atoms with van der Waals surface area (Å²) >= 11 is 3.42. The van der Waals surface area contributed by atoms with Crippen LogP contribution in [0, 0.1) is 0 Å². The van der Waals surface area contributed by atoms with Gasteiger partial charge in [0, 0.05) is 30.0 Å². The number of halogens is 1. The van der Waals surface area contributed by atoms with Gasteiger partial charge in [0.25, 0.3) is 5.91 Å². The molecule has 1 amide bonds. The van der Waals surface area contributed by atoms with E-state index in [1.807, 2.05) is 30.3 Å². The number of fused-ring (bicyclic) bond motifs is 1. The summed E-state index contributed by atoms with van der Waals surface area (Å²) in [7, 11) is 1.69. The van der Waals surface area contributed by atoms with Crippen molar-refractivity contribution in [2.24, 2.45) is 0 Å². The lowest BCUT2D eigenvalue weighted by Gasteiger charge is -2.17. The number of amides is 1. The van der Waals surface area contributed by atoms with E-state index in [2.05, 4.69) is 15.9 Å². The third kappa shape index (κ3) is 4.04. The highest BCUT2D eigenvalue weighted by atomic mass is 79.9. The lowest BCUT2D eigenvalue weighted by Crippen LogP contribution is -2.28. The zero-order valence-electron chi connectivity index (χ0n) is 11.7. The summed E-state index contributed by atoms with van der Waals surface area (Å²) in [5, 5.41) is 10.7. The standard InChI is InChI=1S/C16H16BrNO3/c1-18(8-2-3-15(19)20)16(21)13-5-4-12-10-14(17)7-6-11(12)9-13/h4-7,9-10H,2-3,8H2,1H3,(H,19,20). The first-order valence-electron chi connectivity index (χ1n) is 6.64. The Morgan fingerprint density at radius 2 is 1.81 bits per heavy atom. The number of carbonyl (C=O) groups excluding carboxylic acids is 1. The first-order valence-corrected chi connectivity index (χ1v) is 7.43. The third-order valence-corrected chi connectivity index (χ3v) is 3.77. The second kappa shape index (κ2) is 6.72. The predicted octanol–water partition coefficient (Wildman–Crippen LogP) is 3.54. The molecule has 0 aliphatic heterocycles. The van der Waals surface area contributed by atoms with Crippen molar-refractivity contribution in [1.82, 2.24) is 4.90 Å². The molecular weight excluding hydrogens is 334 g/mol. The van der Waals surface area contributed by atoms with E-state index in [1.54, 1.807) is 18.0 Å². The number of hydrogen-bond acceptors (Lipinski definition) is 2. The van der Waals surface area contributed by atoms with Crippen LogP contribution in [0.4, 0.5) is 0 Å². The van der Waals surface area contributed by atoms with Crippen LogP contribution in [0.2, 0.25) is 0 Å². The molecule has 0 saturated heterocycles. The SMILES string of the molecule is CN(CCCC(=O)O)C(=O)c1ccc2cc(Br)ccc2c1. The Bertz CT molecular complexity index is 684. The summed E-state index contributed by atoms with van der Waals surface area (Å²) in [5.74, 6) is -0.933. The molecule has 0 aromatic heterocycles. The third-order valence-electron chi connectivity index (χ3n) is 3.28. The zero-order chi connectivity index (χ0) is 15.4. The summed E-state index contributed by atoms with van der Waals surface area (Å²) in [5.41, 5.74) is 0.614. The Morgan fingerprint density at radius 3 is 2.52 bits per heavy atom. The first-order chi connectivity index (χ1) is 9.97. The molecule has 1 N–H and O–H groups in total. The van der Waals surface area contributed by atoms with Gasteiger partial charge < -0.3 is 10.0 Å². The fourth-order valence-electron chi connectivity index (χ4n) is 2.14. The van der Waals surface area contributed by atoms with Crippen LogP contribution in [0.3, 0.4) is 0 Å². The highest BCUT2D eigenvalue weighted by Gasteiger charge is 2.12. The van der Waals surface area contributed by atoms with Crippen molar-refractivity contribution in [3.63, 3.8) is 0 Å². The molecular formula is C16H16BrNO3. The highest BCUT2D eigenvalue weighted by Crippen LogP contribution is 2.21. The molecule has 0 aliphatic rings. The van der Waals surface area contributed by atoms with Gasteiger partial charge in [0.05, 0.1) is 0 Å². The van der Waals surface area contributed by atoms with E-state index >= 15 is 0 Å². The minimum absolute atomic E-state index is 0.0728. The molecule has 0 aliphatic carbocycles. The average molecular weight is 350 g/mol. The molecule has 2 aromatic carbocycles. The number of hydrogen-bond donors (Lipinski definition) is 1.